The van der Waals surface area contributed by atoms with Crippen molar-refractivity contribution in [3.8, 4) is 0 Å². The molecule has 10 heteroatoms. The van der Waals surface area contributed by atoms with Gasteiger partial charge in [0.05, 0.1) is 18.6 Å². The van der Waals surface area contributed by atoms with Gasteiger partial charge < -0.3 is 30.6 Å². The fourth-order valence-corrected chi connectivity index (χ4v) is 2.62. The number of nitrogens with two attached hydrogens (primary N) is 1. The van der Waals surface area contributed by atoms with E-state index in [2.05, 4.69) is 10.6 Å². The summed E-state index contributed by atoms with van der Waals surface area (Å²) in [6.07, 6.45) is 0.722. The largest absolute Gasteiger partial charge is 0.463 e. The van der Waals surface area contributed by atoms with Crippen LogP contribution < -0.4 is 16.4 Å². The number of primary amides is 1. The lowest BCUT2D eigenvalue weighted by Gasteiger charge is -2.20. The first-order valence-corrected chi connectivity index (χ1v) is 10.6. The average Bonchev–Trinajstić information content (AvgIpc) is 2.65. The Bertz CT molecular complexity index is 476. The van der Waals surface area contributed by atoms with Crippen LogP contribution in [-0.2, 0) is 23.8 Å². The molecular weight excluding hydrogens is 386 g/mol. The Labute approximate surface area is 171 Å². The number of carbonyl (C=O) groups is 3. The molecule has 0 saturated carbocycles. The van der Waals surface area contributed by atoms with Crippen LogP contribution in [0.15, 0.2) is 0 Å². The number of rotatable bonds is 16. The third-order valence-electron chi connectivity index (χ3n) is 3.97. The van der Waals surface area contributed by atoms with Gasteiger partial charge in [-0.2, -0.15) is 11.8 Å². The Balaban J connectivity index is 3.50. The molecule has 4 N–H and O–H groups in total. The van der Waals surface area contributed by atoms with Crippen LogP contribution in [0.2, 0.25) is 0 Å². The molecule has 1 unspecified atom stereocenters. The summed E-state index contributed by atoms with van der Waals surface area (Å²) in [6, 6.07) is -0.608. The Morgan fingerprint density at radius 1 is 1.07 bits per heavy atom. The van der Waals surface area contributed by atoms with Crippen LogP contribution in [0.4, 0.5) is 4.79 Å². The minimum atomic E-state index is -0.608. The maximum atomic E-state index is 11.8. The number of esters is 1. The van der Waals surface area contributed by atoms with Crippen molar-refractivity contribution in [1.82, 2.24) is 10.6 Å². The Kier molecular flexibility index (Phi) is 14.6. The number of thioether (sulfide) groups is 1. The second-order valence-corrected chi connectivity index (χ2v) is 8.02. The summed E-state index contributed by atoms with van der Waals surface area (Å²) in [5.41, 5.74) is 4.46. The third kappa shape index (κ3) is 13.6. The van der Waals surface area contributed by atoms with Crippen molar-refractivity contribution in [1.29, 1.82) is 0 Å². The van der Waals surface area contributed by atoms with Crippen LogP contribution in [0.5, 0.6) is 0 Å². The van der Waals surface area contributed by atoms with Crippen LogP contribution in [0.3, 0.4) is 0 Å². The van der Waals surface area contributed by atoms with E-state index in [-0.39, 0.29) is 31.2 Å². The van der Waals surface area contributed by atoms with Crippen LogP contribution in [0, 0.1) is 11.3 Å². The molecule has 0 aromatic carbocycles. The molecule has 0 heterocycles. The van der Waals surface area contributed by atoms with Gasteiger partial charge in [0, 0.05) is 30.5 Å². The van der Waals surface area contributed by atoms with Crippen LogP contribution >= 0.6 is 11.8 Å². The van der Waals surface area contributed by atoms with Crippen molar-refractivity contribution in [2.24, 2.45) is 17.1 Å². The highest BCUT2D eigenvalue weighted by Crippen LogP contribution is 2.21. The second-order valence-electron chi connectivity index (χ2n) is 6.87. The van der Waals surface area contributed by atoms with E-state index in [0.29, 0.717) is 32.1 Å². The number of nitrogens with one attached hydrogen (secondary N) is 2. The first kappa shape index (κ1) is 26.5. The Hall–Kier alpha value is -1.52. The highest BCUT2D eigenvalue weighted by atomic mass is 32.2. The third-order valence-corrected chi connectivity index (χ3v) is 5.17. The van der Waals surface area contributed by atoms with E-state index in [4.69, 9.17) is 19.9 Å². The highest BCUT2D eigenvalue weighted by molar-refractivity contribution is 7.99. The molecule has 0 rings (SSSR count). The van der Waals surface area contributed by atoms with E-state index in [9.17, 15) is 14.4 Å². The van der Waals surface area contributed by atoms with Gasteiger partial charge in [-0.25, -0.2) is 4.79 Å². The molecule has 0 radical (unpaired) electrons. The fraction of sp³-hybridized carbons (Fsp3) is 0.833. The second kappa shape index (κ2) is 15.4. The van der Waals surface area contributed by atoms with Crippen LogP contribution in [0.1, 0.15) is 34.1 Å². The lowest BCUT2D eigenvalue weighted by atomic mass is 9.91. The summed E-state index contributed by atoms with van der Waals surface area (Å²) >= 11 is 1.61. The number of ether oxygens (including phenoxy) is 3. The molecule has 0 aliphatic heterocycles. The summed E-state index contributed by atoms with van der Waals surface area (Å²) in [4.78, 5) is 34.1. The Morgan fingerprint density at radius 2 is 1.71 bits per heavy atom. The molecule has 0 bridgehead atoms. The molecule has 0 aromatic rings. The molecule has 0 saturated heterocycles. The first-order valence-electron chi connectivity index (χ1n) is 9.42. The van der Waals surface area contributed by atoms with Crippen molar-refractivity contribution < 1.29 is 28.6 Å². The van der Waals surface area contributed by atoms with E-state index in [1.807, 2.05) is 27.7 Å². The summed E-state index contributed by atoms with van der Waals surface area (Å²) in [7, 11) is 0. The van der Waals surface area contributed by atoms with Gasteiger partial charge in [-0.3, -0.25) is 9.59 Å². The predicted octanol–water partition coefficient (Wildman–Crippen LogP) is 1.11. The summed E-state index contributed by atoms with van der Waals surface area (Å²) in [5.74, 6) is 0.978. The number of hydrogen-bond acceptors (Lipinski definition) is 7. The van der Waals surface area contributed by atoms with Gasteiger partial charge in [0.2, 0.25) is 5.91 Å². The van der Waals surface area contributed by atoms with Crippen LogP contribution in [-0.4, -0.2) is 69.1 Å². The van der Waals surface area contributed by atoms with Gasteiger partial charge in [-0.1, -0.05) is 13.8 Å². The minimum Gasteiger partial charge on any atom is -0.463 e. The average molecular weight is 422 g/mol. The smallest absolute Gasteiger partial charge is 0.312 e. The van der Waals surface area contributed by atoms with Crippen molar-refractivity contribution in [2.45, 2.75) is 34.1 Å². The number of hydrogen-bond donors (Lipinski definition) is 3. The van der Waals surface area contributed by atoms with E-state index in [1.165, 1.54) is 0 Å². The number of carbonyl (C=O) groups excluding carboxylic acids is 3. The van der Waals surface area contributed by atoms with Gasteiger partial charge in [0.1, 0.15) is 13.4 Å². The molecule has 0 aliphatic rings. The van der Waals surface area contributed by atoms with Crippen molar-refractivity contribution in [3.05, 3.63) is 0 Å². The maximum Gasteiger partial charge on any atom is 0.312 e. The lowest BCUT2D eigenvalue weighted by molar-refractivity contribution is -0.157. The first-order chi connectivity index (χ1) is 13.2. The molecule has 1 atom stereocenters. The number of urea groups is 1. The standard InChI is InChI=1S/C18H35N3O6S/c1-5-18(3,4)16(23)27-9-8-25-13-26-10-11-28-12-14(2)15(22)20-6-7-21-17(19)24/h14H,5-13H2,1-4H3,(H,20,22)(H3,19,21,24). The molecule has 9 nitrogen and oxygen atoms in total. The molecule has 28 heavy (non-hydrogen) atoms. The monoisotopic (exact) mass is 421 g/mol. The van der Waals surface area contributed by atoms with E-state index in [1.54, 1.807) is 11.8 Å². The van der Waals surface area contributed by atoms with Crippen molar-refractivity contribution >= 4 is 29.7 Å². The minimum absolute atomic E-state index is 0.0659. The zero-order valence-electron chi connectivity index (χ0n) is 17.4. The van der Waals surface area contributed by atoms with Crippen LogP contribution in [0.25, 0.3) is 0 Å². The van der Waals surface area contributed by atoms with E-state index >= 15 is 0 Å². The van der Waals surface area contributed by atoms with Gasteiger partial charge >= 0.3 is 12.0 Å². The topological polar surface area (TPSA) is 129 Å². The molecule has 3 amide bonds. The Morgan fingerprint density at radius 3 is 2.36 bits per heavy atom. The molecule has 0 spiro atoms. The summed E-state index contributed by atoms with van der Waals surface area (Å²) < 4.78 is 15.7. The number of amides is 3. The normalized spacial score (nSPS) is 12.3. The van der Waals surface area contributed by atoms with Crippen molar-refractivity contribution in [3.63, 3.8) is 0 Å². The van der Waals surface area contributed by atoms with Gasteiger partial charge in [-0.05, 0) is 20.3 Å². The lowest BCUT2D eigenvalue weighted by Crippen LogP contribution is -2.39. The molecule has 0 aromatic heterocycles. The summed E-state index contributed by atoms with van der Waals surface area (Å²) in [6.45, 7) is 9.29. The van der Waals surface area contributed by atoms with Crippen molar-refractivity contribution in [2.75, 3.05) is 51.2 Å². The fourth-order valence-electron chi connectivity index (χ4n) is 1.71. The van der Waals surface area contributed by atoms with E-state index in [0.717, 1.165) is 12.2 Å². The van der Waals surface area contributed by atoms with Gasteiger partial charge in [0.25, 0.3) is 0 Å². The molecular formula is C18H35N3O6S. The molecule has 0 aliphatic carbocycles. The predicted molar refractivity (Wildman–Crippen MR) is 109 cm³/mol. The SMILES string of the molecule is CCC(C)(C)C(=O)OCCOCOCCSCC(C)C(=O)NCCNC(N)=O. The molecule has 164 valence electrons. The van der Waals surface area contributed by atoms with Gasteiger partial charge in [0.15, 0.2) is 0 Å². The highest BCUT2D eigenvalue weighted by Gasteiger charge is 2.26. The van der Waals surface area contributed by atoms with Gasteiger partial charge in [-0.15, -0.1) is 0 Å². The zero-order valence-corrected chi connectivity index (χ0v) is 18.2. The van der Waals surface area contributed by atoms with E-state index < -0.39 is 11.4 Å². The summed E-state index contributed by atoms with van der Waals surface area (Å²) in [5, 5.41) is 5.13. The maximum absolute atomic E-state index is 11.8. The quantitative estimate of drug-likeness (QED) is 0.193. The molecule has 0 fully saturated rings. The zero-order chi connectivity index (χ0) is 21.4.